The zero-order valence-corrected chi connectivity index (χ0v) is 11.2. The van der Waals surface area contributed by atoms with Crippen molar-refractivity contribution in [1.29, 1.82) is 0 Å². The molecular formula is C15H14N2S. The number of nitrogens with zero attached hydrogens (tertiary/aromatic N) is 1. The van der Waals surface area contributed by atoms with Crippen LogP contribution in [0.15, 0.2) is 47.6 Å². The van der Waals surface area contributed by atoms with Crippen molar-refractivity contribution < 1.29 is 0 Å². The summed E-state index contributed by atoms with van der Waals surface area (Å²) in [5, 5.41) is 1.20. The van der Waals surface area contributed by atoms with Gasteiger partial charge in [0.2, 0.25) is 0 Å². The molecule has 0 atom stereocenters. The molecule has 0 saturated heterocycles. The van der Waals surface area contributed by atoms with Gasteiger partial charge >= 0.3 is 0 Å². The molecule has 0 spiro atoms. The van der Waals surface area contributed by atoms with Crippen LogP contribution in [0.3, 0.4) is 0 Å². The number of hydrogen-bond acceptors (Lipinski definition) is 2. The molecule has 90 valence electrons. The maximum atomic E-state index is 4.46. The molecule has 0 aliphatic rings. The maximum absolute atomic E-state index is 4.46. The number of H-pyrrole nitrogens is 1. The second-order valence-electron chi connectivity index (χ2n) is 4.32. The molecule has 2 nitrogen and oxygen atoms in total. The molecule has 2 aromatic heterocycles. The third-order valence-corrected chi connectivity index (χ3v) is 3.90. The average molecular weight is 254 g/mol. The second kappa shape index (κ2) is 4.50. The van der Waals surface area contributed by atoms with Crippen molar-refractivity contribution in [1.82, 2.24) is 9.97 Å². The number of fused-ring (bicyclic) bond motifs is 1. The predicted molar refractivity (Wildman–Crippen MR) is 78.0 cm³/mol. The molecule has 0 bridgehead atoms. The molecule has 3 rings (SSSR count). The summed E-state index contributed by atoms with van der Waals surface area (Å²) in [4.78, 5) is 8.91. The van der Waals surface area contributed by atoms with Crippen LogP contribution in [0.4, 0.5) is 0 Å². The molecule has 3 aromatic rings. The van der Waals surface area contributed by atoms with Gasteiger partial charge in [0.25, 0.3) is 0 Å². The van der Waals surface area contributed by atoms with E-state index >= 15 is 0 Å². The van der Waals surface area contributed by atoms with E-state index < -0.39 is 0 Å². The lowest BCUT2D eigenvalue weighted by atomic mass is 10.1. The highest BCUT2D eigenvalue weighted by atomic mass is 32.2. The van der Waals surface area contributed by atoms with E-state index in [4.69, 9.17) is 0 Å². The lowest BCUT2D eigenvalue weighted by Crippen LogP contribution is -1.82. The Balaban J connectivity index is 2.09. The molecule has 2 heterocycles. The highest BCUT2D eigenvalue weighted by molar-refractivity contribution is 7.98. The van der Waals surface area contributed by atoms with Crippen molar-refractivity contribution in [2.24, 2.45) is 0 Å². The Hall–Kier alpha value is -1.74. The highest BCUT2D eigenvalue weighted by Gasteiger charge is 2.04. The quantitative estimate of drug-likeness (QED) is 0.692. The molecule has 0 aliphatic carbocycles. The Morgan fingerprint density at radius 1 is 1.11 bits per heavy atom. The number of rotatable bonds is 2. The first-order chi connectivity index (χ1) is 8.78. The normalized spacial score (nSPS) is 11.0. The lowest BCUT2D eigenvalue weighted by molar-refractivity contribution is 1.32. The molecule has 1 aromatic carbocycles. The van der Waals surface area contributed by atoms with Gasteiger partial charge in [-0.15, -0.1) is 11.8 Å². The minimum Gasteiger partial charge on any atom is -0.346 e. The van der Waals surface area contributed by atoms with Gasteiger partial charge < -0.3 is 4.98 Å². The Kier molecular flexibility index (Phi) is 2.84. The van der Waals surface area contributed by atoms with Crippen LogP contribution in [0.1, 0.15) is 5.56 Å². The summed E-state index contributed by atoms with van der Waals surface area (Å²) in [6, 6.07) is 10.8. The predicted octanol–water partition coefficient (Wildman–Crippen LogP) is 4.26. The maximum Gasteiger partial charge on any atom is 0.137 e. The van der Waals surface area contributed by atoms with E-state index in [1.54, 1.807) is 11.8 Å². The van der Waals surface area contributed by atoms with Crippen LogP contribution in [-0.2, 0) is 0 Å². The van der Waals surface area contributed by atoms with Gasteiger partial charge in [-0.1, -0.05) is 12.1 Å². The monoisotopic (exact) mass is 254 g/mol. The third kappa shape index (κ3) is 1.91. The van der Waals surface area contributed by atoms with Gasteiger partial charge in [-0.3, -0.25) is 0 Å². The second-order valence-corrected chi connectivity index (χ2v) is 5.20. The summed E-state index contributed by atoms with van der Waals surface area (Å²) in [5.74, 6) is 0. The van der Waals surface area contributed by atoms with E-state index in [9.17, 15) is 0 Å². The van der Waals surface area contributed by atoms with Gasteiger partial charge in [0.05, 0.1) is 0 Å². The molecule has 0 amide bonds. The van der Waals surface area contributed by atoms with Gasteiger partial charge in [0.15, 0.2) is 0 Å². The lowest BCUT2D eigenvalue weighted by Gasteiger charge is -2.03. The van der Waals surface area contributed by atoms with Crippen molar-refractivity contribution >= 4 is 22.8 Å². The Morgan fingerprint density at radius 2 is 1.89 bits per heavy atom. The smallest absolute Gasteiger partial charge is 0.137 e. The van der Waals surface area contributed by atoms with Crippen molar-refractivity contribution in [3.05, 3.63) is 48.3 Å². The number of aromatic amines is 1. The summed E-state index contributed by atoms with van der Waals surface area (Å²) in [6.07, 6.45) is 6.01. The summed E-state index contributed by atoms with van der Waals surface area (Å²) in [7, 11) is 0. The topological polar surface area (TPSA) is 28.7 Å². The molecular weight excluding hydrogens is 240 g/mol. The minimum absolute atomic E-state index is 0.956. The van der Waals surface area contributed by atoms with E-state index in [-0.39, 0.29) is 0 Å². The van der Waals surface area contributed by atoms with Crippen LogP contribution < -0.4 is 0 Å². The average Bonchev–Trinajstić information content (AvgIpc) is 2.80. The molecule has 0 saturated carbocycles. The van der Waals surface area contributed by atoms with E-state index in [1.807, 2.05) is 12.4 Å². The largest absolute Gasteiger partial charge is 0.346 e. The van der Waals surface area contributed by atoms with Crippen LogP contribution in [0.25, 0.3) is 22.2 Å². The van der Waals surface area contributed by atoms with Gasteiger partial charge in [-0.25, -0.2) is 4.98 Å². The Morgan fingerprint density at radius 3 is 2.61 bits per heavy atom. The molecule has 0 fully saturated rings. The Bertz CT molecular complexity index is 683. The van der Waals surface area contributed by atoms with Gasteiger partial charge in [-0.2, -0.15) is 0 Å². The van der Waals surface area contributed by atoms with E-state index in [2.05, 4.69) is 53.5 Å². The van der Waals surface area contributed by atoms with E-state index in [1.165, 1.54) is 21.4 Å². The third-order valence-electron chi connectivity index (χ3n) is 3.16. The fourth-order valence-corrected chi connectivity index (χ4v) is 2.48. The number of thioether (sulfide) groups is 1. The van der Waals surface area contributed by atoms with Crippen molar-refractivity contribution in [3.8, 4) is 11.1 Å². The van der Waals surface area contributed by atoms with E-state index in [0.717, 1.165) is 11.2 Å². The highest BCUT2D eigenvalue weighted by Crippen LogP contribution is 2.26. The van der Waals surface area contributed by atoms with Crippen LogP contribution in [0.5, 0.6) is 0 Å². The summed E-state index contributed by atoms with van der Waals surface area (Å²) < 4.78 is 0. The number of hydrogen-bond donors (Lipinski definition) is 1. The number of aromatic nitrogens is 2. The van der Waals surface area contributed by atoms with Crippen LogP contribution in [0, 0.1) is 6.92 Å². The fraction of sp³-hybridized carbons (Fsp3) is 0.133. The van der Waals surface area contributed by atoms with Crippen LogP contribution >= 0.6 is 11.8 Å². The zero-order valence-electron chi connectivity index (χ0n) is 10.4. The number of aryl methyl sites for hydroxylation is 1. The summed E-state index contributed by atoms with van der Waals surface area (Å²) in [5.41, 5.74) is 4.57. The standard InChI is InChI=1S/C15H14N2S/c1-10-8-16-15-14(10)7-12(9-17-15)11-3-5-13(18-2)6-4-11/h3-9H,1-2H3,(H,16,17). The van der Waals surface area contributed by atoms with Gasteiger partial charge in [-0.05, 0) is 42.5 Å². The fourth-order valence-electron chi connectivity index (χ4n) is 2.08. The number of pyridine rings is 1. The first-order valence-electron chi connectivity index (χ1n) is 5.86. The summed E-state index contributed by atoms with van der Waals surface area (Å²) >= 11 is 1.76. The number of benzene rings is 1. The van der Waals surface area contributed by atoms with Gasteiger partial charge in [0, 0.05) is 28.2 Å². The van der Waals surface area contributed by atoms with Crippen LogP contribution in [-0.4, -0.2) is 16.2 Å². The molecule has 0 aliphatic heterocycles. The molecule has 3 heteroatoms. The SMILES string of the molecule is CSc1ccc(-c2cnc3[nH]cc(C)c3c2)cc1. The first kappa shape index (κ1) is 11.4. The molecule has 18 heavy (non-hydrogen) atoms. The molecule has 1 N–H and O–H groups in total. The zero-order chi connectivity index (χ0) is 12.5. The van der Waals surface area contributed by atoms with Crippen molar-refractivity contribution in [2.45, 2.75) is 11.8 Å². The first-order valence-corrected chi connectivity index (χ1v) is 7.08. The van der Waals surface area contributed by atoms with Crippen LogP contribution in [0.2, 0.25) is 0 Å². The van der Waals surface area contributed by atoms with Crippen molar-refractivity contribution in [3.63, 3.8) is 0 Å². The van der Waals surface area contributed by atoms with Gasteiger partial charge in [0.1, 0.15) is 5.65 Å². The molecule has 0 unspecified atom stereocenters. The number of nitrogens with one attached hydrogen (secondary N) is 1. The summed E-state index contributed by atoms with van der Waals surface area (Å²) in [6.45, 7) is 2.10. The molecule has 0 radical (unpaired) electrons. The van der Waals surface area contributed by atoms with Crippen molar-refractivity contribution in [2.75, 3.05) is 6.26 Å². The Labute approximate surface area is 110 Å². The van der Waals surface area contributed by atoms with E-state index in [0.29, 0.717) is 0 Å². The minimum atomic E-state index is 0.956.